The Morgan fingerprint density at radius 3 is 2.74 bits per heavy atom. The molecule has 0 bridgehead atoms. The summed E-state index contributed by atoms with van der Waals surface area (Å²) in [5.74, 6) is -0.0629. The van der Waals surface area contributed by atoms with Gasteiger partial charge < -0.3 is 15.3 Å². The van der Waals surface area contributed by atoms with Gasteiger partial charge in [-0.3, -0.25) is 4.79 Å². The Hall–Kier alpha value is -1.62. The number of carbonyl (C=O) groups excluding carboxylic acids is 1. The minimum atomic E-state index is -0.0629. The summed E-state index contributed by atoms with van der Waals surface area (Å²) in [6, 6.07) is 3.61. The van der Waals surface area contributed by atoms with Crippen LogP contribution in [-0.4, -0.2) is 47.6 Å². The summed E-state index contributed by atoms with van der Waals surface area (Å²) in [5.41, 5.74) is 1.39. The first-order valence-electron chi connectivity index (χ1n) is 6.75. The molecule has 106 valence electrons. The fourth-order valence-corrected chi connectivity index (χ4v) is 1.76. The van der Waals surface area contributed by atoms with E-state index in [1.54, 1.807) is 24.2 Å². The van der Waals surface area contributed by atoms with Crippen LogP contribution in [0.1, 0.15) is 36.7 Å². The molecule has 0 saturated heterocycles. The van der Waals surface area contributed by atoms with Gasteiger partial charge in [-0.1, -0.05) is 0 Å². The number of pyridine rings is 1. The maximum atomic E-state index is 12.1. The first kappa shape index (κ1) is 15.4. The van der Waals surface area contributed by atoms with E-state index in [-0.39, 0.29) is 12.5 Å². The first-order valence-corrected chi connectivity index (χ1v) is 6.75. The van der Waals surface area contributed by atoms with Gasteiger partial charge >= 0.3 is 0 Å². The first-order chi connectivity index (χ1) is 9.19. The average molecular weight is 265 g/mol. The molecule has 1 heterocycles. The molecule has 0 aliphatic heterocycles. The molecule has 0 saturated carbocycles. The van der Waals surface area contributed by atoms with Crippen LogP contribution in [0.2, 0.25) is 0 Å². The molecule has 0 aliphatic carbocycles. The zero-order valence-electron chi connectivity index (χ0n) is 11.7. The Morgan fingerprint density at radius 2 is 2.16 bits per heavy atom. The minimum absolute atomic E-state index is 0.0629. The molecule has 0 fully saturated rings. The number of anilines is 1. The van der Waals surface area contributed by atoms with Gasteiger partial charge in [0.05, 0.1) is 11.9 Å². The smallest absolute Gasteiger partial charge is 0.272 e. The van der Waals surface area contributed by atoms with Crippen LogP contribution in [0.15, 0.2) is 18.3 Å². The summed E-state index contributed by atoms with van der Waals surface area (Å²) in [4.78, 5) is 17.9. The second-order valence-corrected chi connectivity index (χ2v) is 4.47. The van der Waals surface area contributed by atoms with E-state index < -0.39 is 0 Å². The summed E-state index contributed by atoms with van der Waals surface area (Å²) in [6.07, 6.45) is 4.30. The van der Waals surface area contributed by atoms with Crippen LogP contribution in [0.4, 0.5) is 5.69 Å². The molecule has 0 unspecified atom stereocenters. The molecular formula is C14H23N3O2. The maximum absolute atomic E-state index is 12.1. The number of hydrogen-bond acceptors (Lipinski definition) is 4. The van der Waals surface area contributed by atoms with Crippen molar-refractivity contribution in [1.82, 2.24) is 9.88 Å². The van der Waals surface area contributed by atoms with Crippen molar-refractivity contribution in [2.75, 3.05) is 32.1 Å². The van der Waals surface area contributed by atoms with Crippen LogP contribution in [0.5, 0.6) is 0 Å². The van der Waals surface area contributed by atoms with Crippen molar-refractivity contribution >= 4 is 11.6 Å². The van der Waals surface area contributed by atoms with Crippen LogP contribution in [0.3, 0.4) is 0 Å². The molecule has 0 spiro atoms. The third-order valence-corrected chi connectivity index (χ3v) is 2.86. The van der Waals surface area contributed by atoms with E-state index in [2.05, 4.69) is 10.3 Å². The highest BCUT2D eigenvalue weighted by molar-refractivity contribution is 5.92. The lowest BCUT2D eigenvalue weighted by molar-refractivity contribution is 0.0786. The lowest BCUT2D eigenvalue weighted by Gasteiger charge is -2.16. The second kappa shape index (κ2) is 8.48. The number of aromatic nitrogens is 1. The Bertz CT molecular complexity index is 379. The van der Waals surface area contributed by atoms with Gasteiger partial charge in [-0.2, -0.15) is 0 Å². The largest absolute Gasteiger partial charge is 0.396 e. The molecule has 1 aromatic heterocycles. The monoisotopic (exact) mass is 265 g/mol. The summed E-state index contributed by atoms with van der Waals surface area (Å²) in [6.45, 7) is 3.75. The zero-order chi connectivity index (χ0) is 14.1. The van der Waals surface area contributed by atoms with Crippen molar-refractivity contribution in [2.24, 2.45) is 0 Å². The number of unbranched alkanes of at least 4 members (excludes halogenated alkanes) is 2. The molecular weight excluding hydrogens is 242 g/mol. The molecule has 19 heavy (non-hydrogen) atoms. The number of aliphatic hydroxyl groups excluding tert-OH is 1. The highest BCUT2D eigenvalue weighted by Gasteiger charge is 2.12. The lowest BCUT2D eigenvalue weighted by atomic mass is 10.2. The number of nitrogens with one attached hydrogen (secondary N) is 1. The number of amides is 1. The summed E-state index contributed by atoms with van der Waals surface area (Å²) in [5, 5.41) is 11.8. The average Bonchev–Trinajstić information content (AvgIpc) is 2.44. The Labute approximate surface area is 114 Å². The molecule has 0 atom stereocenters. The van der Waals surface area contributed by atoms with Crippen molar-refractivity contribution in [3.05, 3.63) is 24.0 Å². The van der Waals surface area contributed by atoms with E-state index >= 15 is 0 Å². The van der Waals surface area contributed by atoms with Crippen molar-refractivity contribution in [3.8, 4) is 0 Å². The molecule has 0 aliphatic rings. The highest BCUT2D eigenvalue weighted by Crippen LogP contribution is 2.08. The molecule has 5 nitrogen and oxygen atoms in total. The summed E-state index contributed by atoms with van der Waals surface area (Å²) in [7, 11) is 1.78. The molecule has 0 radical (unpaired) electrons. The zero-order valence-corrected chi connectivity index (χ0v) is 11.7. The van der Waals surface area contributed by atoms with E-state index in [9.17, 15) is 4.79 Å². The third-order valence-electron chi connectivity index (χ3n) is 2.86. The molecule has 1 rings (SSSR count). The quantitative estimate of drug-likeness (QED) is 0.703. The van der Waals surface area contributed by atoms with Gasteiger partial charge in [0.1, 0.15) is 5.69 Å². The Morgan fingerprint density at radius 1 is 1.37 bits per heavy atom. The van der Waals surface area contributed by atoms with Crippen molar-refractivity contribution in [2.45, 2.75) is 26.2 Å². The Balaban J connectivity index is 2.47. The number of nitrogens with zero attached hydrogens (tertiary/aromatic N) is 2. The van der Waals surface area contributed by atoms with Gasteiger partial charge in [-0.25, -0.2) is 4.98 Å². The van der Waals surface area contributed by atoms with Crippen molar-refractivity contribution in [3.63, 3.8) is 0 Å². The van der Waals surface area contributed by atoms with Crippen LogP contribution in [-0.2, 0) is 0 Å². The second-order valence-electron chi connectivity index (χ2n) is 4.47. The topological polar surface area (TPSA) is 65.5 Å². The summed E-state index contributed by atoms with van der Waals surface area (Å²) >= 11 is 0. The van der Waals surface area contributed by atoms with Crippen LogP contribution in [0.25, 0.3) is 0 Å². The molecule has 1 amide bonds. The highest BCUT2D eigenvalue weighted by atomic mass is 16.2. The summed E-state index contributed by atoms with van der Waals surface area (Å²) < 4.78 is 0. The normalized spacial score (nSPS) is 10.3. The van der Waals surface area contributed by atoms with Crippen molar-refractivity contribution < 1.29 is 9.90 Å². The molecule has 1 aromatic rings. The van der Waals surface area contributed by atoms with Crippen LogP contribution in [0, 0.1) is 0 Å². The van der Waals surface area contributed by atoms with Gasteiger partial charge in [0.2, 0.25) is 0 Å². The molecule has 5 heteroatoms. The van der Waals surface area contributed by atoms with Gasteiger partial charge in [0.15, 0.2) is 0 Å². The molecule has 0 aromatic carbocycles. The predicted molar refractivity (Wildman–Crippen MR) is 76.3 cm³/mol. The van der Waals surface area contributed by atoms with Gasteiger partial charge in [-0.05, 0) is 38.3 Å². The van der Waals surface area contributed by atoms with Gasteiger partial charge in [0, 0.05) is 26.7 Å². The Kier molecular flexibility index (Phi) is 6.89. The number of aliphatic hydroxyl groups is 1. The van der Waals surface area contributed by atoms with Crippen LogP contribution >= 0.6 is 0 Å². The fourth-order valence-electron chi connectivity index (χ4n) is 1.76. The number of hydrogen-bond donors (Lipinski definition) is 2. The van der Waals surface area contributed by atoms with E-state index in [4.69, 9.17) is 5.11 Å². The van der Waals surface area contributed by atoms with Crippen LogP contribution < -0.4 is 5.32 Å². The van der Waals surface area contributed by atoms with E-state index in [0.717, 1.165) is 31.5 Å². The minimum Gasteiger partial charge on any atom is -0.396 e. The third kappa shape index (κ3) is 5.26. The van der Waals surface area contributed by atoms with E-state index in [0.29, 0.717) is 12.2 Å². The fraction of sp³-hybridized carbons (Fsp3) is 0.571. The maximum Gasteiger partial charge on any atom is 0.272 e. The predicted octanol–water partition coefficient (Wildman–Crippen LogP) is 1.75. The molecule has 2 N–H and O–H groups in total. The van der Waals surface area contributed by atoms with E-state index in [1.165, 1.54) is 0 Å². The SMILES string of the molecule is CCNc1ccc(C(=O)N(C)CCCCCO)nc1. The number of rotatable bonds is 8. The van der Waals surface area contributed by atoms with Gasteiger partial charge in [-0.15, -0.1) is 0 Å². The lowest BCUT2D eigenvalue weighted by Crippen LogP contribution is -2.28. The van der Waals surface area contributed by atoms with Gasteiger partial charge in [0.25, 0.3) is 5.91 Å². The van der Waals surface area contributed by atoms with Crippen molar-refractivity contribution in [1.29, 1.82) is 0 Å². The standard InChI is InChI=1S/C14H23N3O2/c1-3-15-12-7-8-13(16-11-12)14(19)17(2)9-5-4-6-10-18/h7-8,11,15,18H,3-6,9-10H2,1-2H3. The van der Waals surface area contributed by atoms with E-state index in [1.807, 2.05) is 13.0 Å². The number of carbonyl (C=O) groups is 1.